The average molecular weight is 320 g/mol. The van der Waals surface area contributed by atoms with Crippen molar-refractivity contribution in [3.63, 3.8) is 0 Å². The van der Waals surface area contributed by atoms with Crippen molar-refractivity contribution < 1.29 is 20.4 Å². The molecular formula is C20H16O4. The molecular weight excluding hydrogens is 304 g/mol. The van der Waals surface area contributed by atoms with Crippen molar-refractivity contribution in [2.24, 2.45) is 0 Å². The number of phenols is 4. The van der Waals surface area contributed by atoms with Gasteiger partial charge >= 0.3 is 0 Å². The van der Waals surface area contributed by atoms with Gasteiger partial charge in [0.2, 0.25) is 0 Å². The molecule has 0 saturated carbocycles. The van der Waals surface area contributed by atoms with E-state index in [4.69, 9.17) is 10.2 Å². The first-order valence-electron chi connectivity index (χ1n) is 7.36. The van der Waals surface area contributed by atoms with Crippen LogP contribution in [0.25, 0.3) is 21.5 Å². The minimum absolute atomic E-state index is 0.170. The summed E-state index contributed by atoms with van der Waals surface area (Å²) < 4.78 is 0. The highest BCUT2D eigenvalue weighted by molar-refractivity contribution is 5.89. The maximum atomic E-state index is 9.38. The minimum Gasteiger partial charge on any atom is -0.508 e. The van der Waals surface area contributed by atoms with Gasteiger partial charge in [0, 0.05) is 10.8 Å². The zero-order valence-electron chi connectivity index (χ0n) is 12.7. The molecule has 24 heavy (non-hydrogen) atoms. The van der Waals surface area contributed by atoms with Crippen LogP contribution in [0.1, 0.15) is 0 Å². The number of fused-ring (bicyclic) bond motifs is 2. The van der Waals surface area contributed by atoms with Crippen molar-refractivity contribution >= 4 is 21.5 Å². The normalized spacial score (nSPS) is 10.3. The van der Waals surface area contributed by atoms with E-state index >= 15 is 0 Å². The molecule has 4 nitrogen and oxygen atoms in total. The summed E-state index contributed by atoms with van der Waals surface area (Å²) in [7, 11) is 0. The molecule has 0 radical (unpaired) electrons. The van der Waals surface area contributed by atoms with E-state index in [0.29, 0.717) is 5.39 Å². The second-order valence-corrected chi connectivity index (χ2v) is 5.37. The van der Waals surface area contributed by atoms with Crippen LogP contribution in [-0.4, -0.2) is 20.4 Å². The summed E-state index contributed by atoms with van der Waals surface area (Å²) in [5.41, 5.74) is 0. The lowest BCUT2D eigenvalue weighted by molar-refractivity contribution is 0.471. The molecule has 0 heterocycles. The molecule has 0 amide bonds. The quantitative estimate of drug-likeness (QED) is 0.384. The van der Waals surface area contributed by atoms with Crippen LogP contribution in [0.5, 0.6) is 23.0 Å². The fraction of sp³-hybridized carbons (Fsp3) is 0. The Hall–Kier alpha value is -3.40. The molecule has 4 heteroatoms. The fourth-order valence-corrected chi connectivity index (χ4v) is 2.50. The van der Waals surface area contributed by atoms with E-state index in [1.807, 2.05) is 12.1 Å². The number of benzene rings is 4. The van der Waals surface area contributed by atoms with Gasteiger partial charge in [-0.05, 0) is 53.2 Å². The highest BCUT2D eigenvalue weighted by atomic mass is 16.3. The van der Waals surface area contributed by atoms with Crippen LogP contribution in [0.15, 0.2) is 72.8 Å². The van der Waals surface area contributed by atoms with Crippen molar-refractivity contribution in [3.05, 3.63) is 72.8 Å². The molecule has 0 unspecified atom stereocenters. The predicted molar refractivity (Wildman–Crippen MR) is 94.6 cm³/mol. The Bertz CT molecular complexity index is 1010. The maximum Gasteiger partial charge on any atom is 0.123 e. The second-order valence-electron chi connectivity index (χ2n) is 5.37. The fourth-order valence-electron chi connectivity index (χ4n) is 2.50. The molecule has 0 aromatic heterocycles. The van der Waals surface area contributed by atoms with Gasteiger partial charge in [0.25, 0.3) is 0 Å². The van der Waals surface area contributed by atoms with E-state index in [-0.39, 0.29) is 23.0 Å². The summed E-state index contributed by atoms with van der Waals surface area (Å²) in [6.07, 6.45) is 0. The minimum atomic E-state index is 0.170. The lowest BCUT2D eigenvalue weighted by Crippen LogP contribution is -1.72. The van der Waals surface area contributed by atoms with Crippen LogP contribution >= 0.6 is 0 Å². The highest BCUT2D eigenvalue weighted by Crippen LogP contribution is 2.27. The van der Waals surface area contributed by atoms with Crippen LogP contribution in [0, 0.1) is 0 Å². The Balaban J connectivity index is 0.000000141. The molecule has 0 bridgehead atoms. The summed E-state index contributed by atoms with van der Waals surface area (Å²) in [4.78, 5) is 0. The van der Waals surface area contributed by atoms with Crippen LogP contribution in [0.4, 0.5) is 0 Å². The van der Waals surface area contributed by atoms with Crippen LogP contribution in [-0.2, 0) is 0 Å². The topological polar surface area (TPSA) is 80.9 Å². The molecule has 4 rings (SSSR count). The third-order valence-corrected chi connectivity index (χ3v) is 3.68. The molecule has 0 aliphatic rings. The van der Waals surface area contributed by atoms with Gasteiger partial charge < -0.3 is 20.4 Å². The molecule has 4 aromatic rings. The van der Waals surface area contributed by atoms with E-state index < -0.39 is 0 Å². The summed E-state index contributed by atoms with van der Waals surface area (Å²) in [6, 6.07) is 20.3. The summed E-state index contributed by atoms with van der Waals surface area (Å²) >= 11 is 0. The zero-order chi connectivity index (χ0) is 17.1. The van der Waals surface area contributed by atoms with Crippen LogP contribution in [0.2, 0.25) is 0 Å². The number of hydrogen-bond acceptors (Lipinski definition) is 4. The van der Waals surface area contributed by atoms with Gasteiger partial charge in [0.05, 0.1) is 0 Å². The molecule has 0 fully saturated rings. The molecule has 4 aromatic carbocycles. The molecule has 0 aliphatic heterocycles. The van der Waals surface area contributed by atoms with Gasteiger partial charge in [-0.2, -0.15) is 0 Å². The standard InChI is InChI=1S/2C10H8O2/c11-8-4-5-9-7(6-8)2-1-3-10(9)12;11-8-5-4-7-2-1-3-10(12)9(7)6-8/h2*1-6,11-12H. The number of hydrogen-bond donors (Lipinski definition) is 4. The monoisotopic (exact) mass is 320 g/mol. The van der Waals surface area contributed by atoms with Crippen LogP contribution < -0.4 is 0 Å². The van der Waals surface area contributed by atoms with Crippen LogP contribution in [0.3, 0.4) is 0 Å². The Morgan fingerprint density at radius 2 is 1.04 bits per heavy atom. The second kappa shape index (κ2) is 6.38. The summed E-state index contributed by atoms with van der Waals surface area (Å²) in [5, 5.41) is 40.3. The van der Waals surface area contributed by atoms with Gasteiger partial charge in [-0.1, -0.05) is 30.3 Å². The third kappa shape index (κ3) is 3.17. The molecule has 120 valence electrons. The van der Waals surface area contributed by atoms with Crippen molar-refractivity contribution in [3.8, 4) is 23.0 Å². The van der Waals surface area contributed by atoms with E-state index in [0.717, 1.165) is 16.2 Å². The van der Waals surface area contributed by atoms with Crippen molar-refractivity contribution in [2.45, 2.75) is 0 Å². The van der Waals surface area contributed by atoms with Gasteiger partial charge in [-0.25, -0.2) is 0 Å². The highest BCUT2D eigenvalue weighted by Gasteiger charge is 1.99. The first-order chi connectivity index (χ1) is 11.5. The Morgan fingerprint density at radius 3 is 1.79 bits per heavy atom. The third-order valence-electron chi connectivity index (χ3n) is 3.68. The number of rotatable bonds is 0. The Morgan fingerprint density at radius 1 is 0.458 bits per heavy atom. The van der Waals surface area contributed by atoms with E-state index in [1.54, 1.807) is 60.7 Å². The van der Waals surface area contributed by atoms with E-state index in [9.17, 15) is 10.2 Å². The Labute approximate surface area is 138 Å². The predicted octanol–water partition coefficient (Wildman–Crippen LogP) is 4.50. The van der Waals surface area contributed by atoms with Crippen molar-refractivity contribution in [1.29, 1.82) is 0 Å². The Kier molecular flexibility index (Phi) is 4.12. The molecule has 0 aliphatic carbocycles. The molecule has 4 N–H and O–H groups in total. The first kappa shape index (κ1) is 15.5. The van der Waals surface area contributed by atoms with Crippen molar-refractivity contribution in [1.82, 2.24) is 0 Å². The van der Waals surface area contributed by atoms with Gasteiger partial charge in [0.15, 0.2) is 0 Å². The summed E-state index contributed by atoms with van der Waals surface area (Å²) in [5.74, 6) is 0.827. The molecule has 0 saturated heterocycles. The van der Waals surface area contributed by atoms with Gasteiger partial charge in [0.1, 0.15) is 23.0 Å². The summed E-state index contributed by atoms with van der Waals surface area (Å²) in [6.45, 7) is 0. The molecule has 0 atom stereocenters. The number of phenolic OH excluding ortho intramolecular Hbond substituents is 4. The number of aromatic hydroxyl groups is 4. The largest absolute Gasteiger partial charge is 0.508 e. The SMILES string of the molecule is Oc1ccc2c(O)cccc2c1.Oc1ccc2cccc(O)c2c1. The maximum absolute atomic E-state index is 9.38. The lowest BCUT2D eigenvalue weighted by Gasteiger charge is -2.00. The average Bonchev–Trinajstić information content (AvgIpc) is 2.56. The van der Waals surface area contributed by atoms with Gasteiger partial charge in [-0.15, -0.1) is 0 Å². The zero-order valence-corrected chi connectivity index (χ0v) is 12.7. The van der Waals surface area contributed by atoms with Crippen molar-refractivity contribution in [2.75, 3.05) is 0 Å². The molecule has 0 spiro atoms. The van der Waals surface area contributed by atoms with Gasteiger partial charge in [-0.3, -0.25) is 0 Å². The first-order valence-corrected chi connectivity index (χ1v) is 7.36. The van der Waals surface area contributed by atoms with E-state index in [2.05, 4.69) is 0 Å². The smallest absolute Gasteiger partial charge is 0.123 e. The lowest BCUT2D eigenvalue weighted by atomic mass is 10.1. The van der Waals surface area contributed by atoms with E-state index in [1.165, 1.54) is 0 Å².